The predicted molar refractivity (Wildman–Crippen MR) is 92.0 cm³/mol. The van der Waals surface area contributed by atoms with Crippen LogP contribution in [0.5, 0.6) is 0 Å². The molecule has 3 rings (SSSR count). The molecule has 1 aliphatic carbocycles. The van der Waals surface area contributed by atoms with Gasteiger partial charge in [-0.1, -0.05) is 63.3 Å². The second-order valence-corrected chi connectivity index (χ2v) is 7.33. The highest BCUT2D eigenvalue weighted by Crippen LogP contribution is 2.41. The SMILES string of the molecule is CC12C=CC=CC=C1CN(c1ccc(C(C)(C)C)cc1)C2=O. The van der Waals surface area contributed by atoms with Gasteiger partial charge in [0.2, 0.25) is 5.91 Å². The van der Waals surface area contributed by atoms with Crippen molar-refractivity contribution in [3.8, 4) is 0 Å². The van der Waals surface area contributed by atoms with Crippen molar-refractivity contribution in [3.05, 3.63) is 65.8 Å². The van der Waals surface area contributed by atoms with E-state index < -0.39 is 5.41 Å². The number of hydrogen-bond acceptors (Lipinski definition) is 1. The molecule has 0 radical (unpaired) electrons. The molecule has 2 heteroatoms. The van der Waals surface area contributed by atoms with E-state index >= 15 is 0 Å². The predicted octanol–water partition coefficient (Wildman–Crippen LogP) is 4.39. The number of nitrogens with zero attached hydrogens (tertiary/aromatic N) is 1. The van der Waals surface area contributed by atoms with E-state index in [1.165, 1.54) is 5.56 Å². The van der Waals surface area contributed by atoms with Crippen LogP contribution in [0.15, 0.2) is 60.2 Å². The van der Waals surface area contributed by atoms with E-state index in [1.54, 1.807) is 0 Å². The number of anilines is 1. The Morgan fingerprint density at radius 2 is 1.73 bits per heavy atom. The highest BCUT2D eigenvalue weighted by Gasteiger charge is 2.45. The normalized spacial score (nSPS) is 24.3. The molecule has 22 heavy (non-hydrogen) atoms. The molecule has 1 saturated heterocycles. The minimum Gasteiger partial charge on any atom is -0.307 e. The fourth-order valence-corrected chi connectivity index (χ4v) is 3.06. The van der Waals surface area contributed by atoms with Crippen molar-refractivity contribution < 1.29 is 4.79 Å². The van der Waals surface area contributed by atoms with Crippen molar-refractivity contribution in [3.63, 3.8) is 0 Å². The maximum atomic E-state index is 12.9. The van der Waals surface area contributed by atoms with Crippen LogP contribution in [0, 0.1) is 5.41 Å². The topological polar surface area (TPSA) is 20.3 Å². The number of fused-ring (bicyclic) bond motifs is 1. The second-order valence-electron chi connectivity index (χ2n) is 7.33. The smallest absolute Gasteiger partial charge is 0.241 e. The van der Waals surface area contributed by atoms with Crippen LogP contribution in [0.1, 0.15) is 33.3 Å². The molecule has 114 valence electrons. The molecule has 2 nitrogen and oxygen atoms in total. The average Bonchev–Trinajstić information content (AvgIpc) is 2.62. The first-order chi connectivity index (χ1) is 10.3. The molecule has 0 spiro atoms. The minimum atomic E-state index is -0.508. The van der Waals surface area contributed by atoms with Crippen LogP contribution in [0.25, 0.3) is 0 Å². The third kappa shape index (κ3) is 2.33. The van der Waals surface area contributed by atoms with Crippen molar-refractivity contribution in [1.29, 1.82) is 0 Å². The van der Waals surface area contributed by atoms with E-state index in [2.05, 4.69) is 51.1 Å². The van der Waals surface area contributed by atoms with Crippen LogP contribution < -0.4 is 4.90 Å². The summed E-state index contributed by atoms with van der Waals surface area (Å²) in [6.45, 7) is 9.27. The van der Waals surface area contributed by atoms with E-state index in [1.807, 2.05) is 36.1 Å². The Bertz CT molecular complexity index is 685. The van der Waals surface area contributed by atoms with Gasteiger partial charge in [0.05, 0.1) is 5.41 Å². The molecule has 1 fully saturated rings. The van der Waals surface area contributed by atoms with Crippen LogP contribution in [0.2, 0.25) is 0 Å². The molecule has 1 heterocycles. The summed E-state index contributed by atoms with van der Waals surface area (Å²) in [5.41, 5.74) is 3.03. The Kier molecular flexibility index (Phi) is 3.36. The standard InChI is InChI=1S/C20H23NO/c1-19(2,3)15-9-11-17(12-10-15)21-14-16-8-6-5-7-13-20(16,4)18(21)22/h5-13H,14H2,1-4H3. The van der Waals surface area contributed by atoms with Crippen LogP contribution in [0.3, 0.4) is 0 Å². The Morgan fingerprint density at radius 3 is 2.36 bits per heavy atom. The first-order valence-corrected chi connectivity index (χ1v) is 7.80. The first kappa shape index (κ1) is 14.8. The van der Waals surface area contributed by atoms with Crippen LogP contribution >= 0.6 is 0 Å². The first-order valence-electron chi connectivity index (χ1n) is 7.80. The molecule has 0 aromatic heterocycles. The number of allylic oxidation sites excluding steroid dienone is 4. The van der Waals surface area contributed by atoms with Gasteiger partial charge in [-0.15, -0.1) is 0 Å². The molecule has 0 N–H and O–H groups in total. The quantitative estimate of drug-likeness (QED) is 0.752. The highest BCUT2D eigenvalue weighted by atomic mass is 16.2. The summed E-state index contributed by atoms with van der Waals surface area (Å²) in [6.07, 6.45) is 10.0. The summed E-state index contributed by atoms with van der Waals surface area (Å²) >= 11 is 0. The summed E-state index contributed by atoms with van der Waals surface area (Å²) < 4.78 is 0. The van der Waals surface area contributed by atoms with Gasteiger partial charge in [0.25, 0.3) is 0 Å². The molecule has 1 unspecified atom stereocenters. The fraction of sp³-hybridized carbons (Fsp3) is 0.350. The van der Waals surface area contributed by atoms with E-state index in [9.17, 15) is 4.79 Å². The maximum absolute atomic E-state index is 12.9. The summed E-state index contributed by atoms with van der Waals surface area (Å²) in [7, 11) is 0. The van der Waals surface area contributed by atoms with Gasteiger partial charge in [-0.3, -0.25) is 4.79 Å². The summed E-state index contributed by atoms with van der Waals surface area (Å²) in [5.74, 6) is 0.155. The van der Waals surface area contributed by atoms with E-state index in [-0.39, 0.29) is 11.3 Å². The van der Waals surface area contributed by atoms with Crippen molar-refractivity contribution in [2.75, 3.05) is 11.4 Å². The van der Waals surface area contributed by atoms with Crippen LogP contribution in [-0.2, 0) is 10.2 Å². The van der Waals surface area contributed by atoms with Crippen LogP contribution in [0.4, 0.5) is 5.69 Å². The lowest BCUT2D eigenvalue weighted by Gasteiger charge is -2.22. The number of hydrogen-bond donors (Lipinski definition) is 0. The molecule has 0 bridgehead atoms. The second kappa shape index (κ2) is 4.98. The molecule has 1 atom stereocenters. The van der Waals surface area contributed by atoms with Gasteiger partial charge in [-0.2, -0.15) is 0 Å². The minimum absolute atomic E-state index is 0.126. The summed E-state index contributed by atoms with van der Waals surface area (Å²) in [4.78, 5) is 14.8. The largest absolute Gasteiger partial charge is 0.307 e. The molecule has 1 aromatic rings. The fourth-order valence-electron chi connectivity index (χ4n) is 3.06. The molecular weight excluding hydrogens is 270 g/mol. The Balaban J connectivity index is 1.94. The van der Waals surface area contributed by atoms with Crippen LogP contribution in [-0.4, -0.2) is 12.5 Å². The zero-order valence-corrected chi connectivity index (χ0v) is 13.8. The van der Waals surface area contributed by atoms with Gasteiger partial charge in [0.1, 0.15) is 0 Å². The van der Waals surface area contributed by atoms with Crippen molar-refractivity contribution >= 4 is 11.6 Å². The Labute approximate surface area is 132 Å². The van der Waals surface area contributed by atoms with Crippen molar-refractivity contribution in [2.45, 2.75) is 33.1 Å². The number of rotatable bonds is 1. The number of benzene rings is 1. The molecule has 1 amide bonds. The van der Waals surface area contributed by atoms with E-state index in [4.69, 9.17) is 0 Å². The molecule has 1 aliphatic heterocycles. The number of carbonyl (C=O) groups excluding carboxylic acids is 1. The lowest BCUT2D eigenvalue weighted by Crippen LogP contribution is -2.31. The average molecular weight is 293 g/mol. The molecule has 2 aliphatic rings. The number of carbonyl (C=O) groups is 1. The third-order valence-corrected chi connectivity index (χ3v) is 4.68. The van der Waals surface area contributed by atoms with Gasteiger partial charge in [-0.25, -0.2) is 0 Å². The van der Waals surface area contributed by atoms with Gasteiger partial charge in [0.15, 0.2) is 0 Å². The Hall–Kier alpha value is -2.09. The monoisotopic (exact) mass is 293 g/mol. The number of amides is 1. The summed E-state index contributed by atoms with van der Waals surface area (Å²) in [5, 5.41) is 0. The van der Waals surface area contributed by atoms with Crippen molar-refractivity contribution in [1.82, 2.24) is 0 Å². The van der Waals surface area contributed by atoms with Gasteiger partial charge in [-0.05, 0) is 35.6 Å². The van der Waals surface area contributed by atoms with Gasteiger partial charge >= 0.3 is 0 Å². The zero-order chi connectivity index (χ0) is 16.0. The van der Waals surface area contributed by atoms with E-state index in [0.717, 1.165) is 11.3 Å². The highest BCUT2D eigenvalue weighted by molar-refractivity contribution is 6.04. The van der Waals surface area contributed by atoms with E-state index in [0.29, 0.717) is 6.54 Å². The maximum Gasteiger partial charge on any atom is 0.241 e. The third-order valence-electron chi connectivity index (χ3n) is 4.68. The summed E-state index contributed by atoms with van der Waals surface area (Å²) in [6, 6.07) is 8.38. The zero-order valence-electron chi connectivity index (χ0n) is 13.8. The lowest BCUT2D eigenvalue weighted by molar-refractivity contribution is -0.121. The molecule has 0 saturated carbocycles. The lowest BCUT2D eigenvalue weighted by atomic mass is 9.84. The van der Waals surface area contributed by atoms with Gasteiger partial charge < -0.3 is 4.90 Å². The molecular formula is C20H23NO. The van der Waals surface area contributed by atoms with Crippen molar-refractivity contribution in [2.24, 2.45) is 5.41 Å². The van der Waals surface area contributed by atoms with Gasteiger partial charge in [0, 0.05) is 12.2 Å². The Morgan fingerprint density at radius 1 is 1.05 bits per heavy atom. The molecule has 1 aromatic carbocycles.